The van der Waals surface area contributed by atoms with Crippen LogP contribution in [0.2, 0.25) is 5.02 Å². The Morgan fingerprint density at radius 3 is 2.76 bits per heavy atom. The van der Waals surface area contributed by atoms with Crippen LogP contribution in [0.25, 0.3) is 11.0 Å². The zero-order chi connectivity index (χ0) is 14.4. The predicted molar refractivity (Wildman–Crippen MR) is 86.8 cm³/mol. The Hall–Kier alpha value is -1.06. The number of rotatable bonds is 3. The summed E-state index contributed by atoms with van der Waals surface area (Å²) >= 11 is 6.15. The third-order valence-corrected chi connectivity index (χ3v) is 5.37. The summed E-state index contributed by atoms with van der Waals surface area (Å²) in [5.41, 5.74) is 8.33. The monoisotopic (exact) mass is 303 g/mol. The highest BCUT2D eigenvalue weighted by molar-refractivity contribution is 6.31. The Morgan fingerprint density at radius 2 is 2.00 bits per heavy atom. The SMILES string of the molecule is NCC1CCCCC1c1nc2cc(Cl)ccc2n1C1CC1. The normalized spacial score (nSPS) is 26.4. The van der Waals surface area contributed by atoms with E-state index < -0.39 is 0 Å². The van der Waals surface area contributed by atoms with E-state index in [1.54, 1.807) is 0 Å². The third kappa shape index (κ3) is 2.36. The summed E-state index contributed by atoms with van der Waals surface area (Å²) < 4.78 is 2.49. The van der Waals surface area contributed by atoms with Crippen molar-refractivity contribution in [3.05, 3.63) is 29.0 Å². The summed E-state index contributed by atoms with van der Waals surface area (Å²) in [7, 11) is 0. The van der Waals surface area contributed by atoms with Crippen LogP contribution in [0.4, 0.5) is 0 Å². The summed E-state index contributed by atoms with van der Waals surface area (Å²) in [5.74, 6) is 2.38. The van der Waals surface area contributed by atoms with Crippen molar-refractivity contribution >= 4 is 22.6 Å². The molecule has 2 atom stereocenters. The molecule has 0 amide bonds. The largest absolute Gasteiger partial charge is 0.330 e. The number of halogens is 1. The highest BCUT2D eigenvalue weighted by Crippen LogP contribution is 2.44. The number of hydrogen-bond acceptors (Lipinski definition) is 2. The van der Waals surface area contributed by atoms with Crippen LogP contribution >= 0.6 is 11.6 Å². The molecule has 3 nitrogen and oxygen atoms in total. The average molecular weight is 304 g/mol. The molecule has 2 saturated carbocycles. The number of aromatic nitrogens is 2. The Bertz CT molecular complexity index is 659. The number of nitrogens with zero attached hydrogens (tertiary/aromatic N) is 2. The molecule has 1 aromatic carbocycles. The summed E-state index contributed by atoms with van der Waals surface area (Å²) in [6.45, 7) is 0.777. The van der Waals surface area contributed by atoms with Gasteiger partial charge in [0.25, 0.3) is 0 Å². The van der Waals surface area contributed by atoms with E-state index in [-0.39, 0.29) is 0 Å². The predicted octanol–water partition coefficient (Wildman–Crippen LogP) is 4.26. The Labute approximate surface area is 130 Å². The van der Waals surface area contributed by atoms with Crippen molar-refractivity contribution in [1.29, 1.82) is 0 Å². The van der Waals surface area contributed by atoms with Crippen molar-refractivity contribution < 1.29 is 0 Å². The van der Waals surface area contributed by atoms with Crippen molar-refractivity contribution in [3.63, 3.8) is 0 Å². The van der Waals surface area contributed by atoms with E-state index in [1.807, 2.05) is 12.1 Å². The van der Waals surface area contributed by atoms with Crippen LogP contribution in [-0.2, 0) is 0 Å². The molecule has 0 bridgehead atoms. The topological polar surface area (TPSA) is 43.8 Å². The van der Waals surface area contributed by atoms with Crippen LogP contribution in [0.1, 0.15) is 56.3 Å². The van der Waals surface area contributed by atoms with Gasteiger partial charge in [-0.3, -0.25) is 0 Å². The first-order valence-electron chi connectivity index (χ1n) is 8.15. The highest BCUT2D eigenvalue weighted by Gasteiger charge is 2.34. The maximum absolute atomic E-state index is 6.15. The van der Waals surface area contributed by atoms with E-state index in [0.717, 1.165) is 17.1 Å². The molecule has 2 fully saturated rings. The van der Waals surface area contributed by atoms with Gasteiger partial charge in [-0.05, 0) is 56.3 Å². The second-order valence-corrected chi connectivity index (χ2v) is 7.03. The summed E-state index contributed by atoms with van der Waals surface area (Å²) in [4.78, 5) is 4.98. The van der Waals surface area contributed by atoms with Crippen LogP contribution in [0.5, 0.6) is 0 Å². The molecule has 1 aromatic heterocycles. The molecule has 2 aromatic rings. The van der Waals surface area contributed by atoms with E-state index >= 15 is 0 Å². The van der Waals surface area contributed by atoms with Crippen molar-refractivity contribution in [2.45, 2.75) is 50.5 Å². The van der Waals surface area contributed by atoms with Gasteiger partial charge in [-0.15, -0.1) is 0 Å². The van der Waals surface area contributed by atoms with Gasteiger partial charge in [0.15, 0.2) is 0 Å². The molecule has 0 spiro atoms. The lowest BCUT2D eigenvalue weighted by molar-refractivity contribution is 0.298. The minimum Gasteiger partial charge on any atom is -0.330 e. The van der Waals surface area contributed by atoms with Gasteiger partial charge in [0.05, 0.1) is 11.0 Å². The summed E-state index contributed by atoms with van der Waals surface area (Å²) in [5, 5.41) is 0.772. The van der Waals surface area contributed by atoms with Gasteiger partial charge in [-0.2, -0.15) is 0 Å². The van der Waals surface area contributed by atoms with Gasteiger partial charge in [0.1, 0.15) is 5.82 Å². The van der Waals surface area contributed by atoms with Crippen LogP contribution in [0.3, 0.4) is 0 Å². The fraction of sp³-hybridized carbons (Fsp3) is 0.588. The van der Waals surface area contributed by atoms with E-state index in [9.17, 15) is 0 Å². The maximum Gasteiger partial charge on any atom is 0.113 e. The van der Waals surface area contributed by atoms with Crippen molar-refractivity contribution in [3.8, 4) is 0 Å². The number of nitrogens with two attached hydrogens (primary N) is 1. The first kappa shape index (κ1) is 13.6. The number of hydrogen-bond donors (Lipinski definition) is 1. The maximum atomic E-state index is 6.15. The molecule has 2 unspecified atom stereocenters. The smallest absolute Gasteiger partial charge is 0.113 e. The fourth-order valence-electron chi connectivity index (χ4n) is 3.90. The zero-order valence-corrected chi connectivity index (χ0v) is 13.0. The minimum absolute atomic E-state index is 0.524. The van der Waals surface area contributed by atoms with Crippen molar-refractivity contribution in [2.24, 2.45) is 11.7 Å². The van der Waals surface area contributed by atoms with Crippen LogP contribution in [0.15, 0.2) is 18.2 Å². The van der Waals surface area contributed by atoms with Crippen LogP contribution < -0.4 is 5.73 Å². The molecule has 112 valence electrons. The van der Waals surface area contributed by atoms with Gasteiger partial charge >= 0.3 is 0 Å². The summed E-state index contributed by atoms with van der Waals surface area (Å²) in [6, 6.07) is 6.76. The van der Waals surface area contributed by atoms with E-state index in [1.165, 1.54) is 49.9 Å². The molecule has 2 N–H and O–H groups in total. The molecule has 4 rings (SSSR count). The number of benzene rings is 1. The van der Waals surface area contributed by atoms with Gasteiger partial charge in [-0.1, -0.05) is 24.4 Å². The van der Waals surface area contributed by atoms with Crippen LogP contribution in [0, 0.1) is 5.92 Å². The molecular formula is C17H22ClN3. The van der Waals surface area contributed by atoms with Gasteiger partial charge in [0.2, 0.25) is 0 Å². The van der Waals surface area contributed by atoms with Gasteiger partial charge in [-0.25, -0.2) is 4.98 Å². The number of imidazole rings is 1. The molecule has 21 heavy (non-hydrogen) atoms. The lowest BCUT2D eigenvalue weighted by atomic mass is 9.78. The standard InChI is InChI=1S/C17H22ClN3/c18-12-5-8-16-15(9-12)20-17(21(16)13-6-7-13)14-4-2-1-3-11(14)10-19/h5,8-9,11,13-14H,1-4,6-7,10,19H2. The molecule has 2 aliphatic carbocycles. The van der Waals surface area contributed by atoms with Gasteiger partial charge < -0.3 is 10.3 Å². The van der Waals surface area contributed by atoms with E-state index in [0.29, 0.717) is 17.9 Å². The van der Waals surface area contributed by atoms with Gasteiger partial charge in [0, 0.05) is 17.0 Å². The van der Waals surface area contributed by atoms with Crippen molar-refractivity contribution in [1.82, 2.24) is 9.55 Å². The molecule has 1 heterocycles. The Balaban J connectivity index is 1.84. The quantitative estimate of drug-likeness (QED) is 0.921. The first-order chi connectivity index (χ1) is 10.3. The summed E-state index contributed by atoms with van der Waals surface area (Å²) in [6.07, 6.45) is 7.65. The van der Waals surface area contributed by atoms with E-state index in [4.69, 9.17) is 22.3 Å². The minimum atomic E-state index is 0.524. The molecule has 4 heteroatoms. The lowest BCUT2D eigenvalue weighted by Gasteiger charge is -2.30. The molecule has 2 aliphatic rings. The zero-order valence-electron chi connectivity index (χ0n) is 12.3. The lowest BCUT2D eigenvalue weighted by Crippen LogP contribution is -2.27. The first-order valence-corrected chi connectivity index (χ1v) is 8.53. The second kappa shape index (κ2) is 5.29. The Kier molecular flexibility index (Phi) is 3.43. The molecule has 0 aliphatic heterocycles. The van der Waals surface area contributed by atoms with Crippen LogP contribution in [-0.4, -0.2) is 16.1 Å². The van der Waals surface area contributed by atoms with Crippen molar-refractivity contribution in [2.75, 3.05) is 6.54 Å². The average Bonchev–Trinajstić information content (AvgIpc) is 3.27. The molecule has 0 saturated heterocycles. The second-order valence-electron chi connectivity index (χ2n) is 6.59. The molecular weight excluding hydrogens is 282 g/mol. The Morgan fingerprint density at radius 1 is 1.19 bits per heavy atom. The number of fused-ring (bicyclic) bond motifs is 1. The van der Waals surface area contributed by atoms with E-state index in [2.05, 4.69) is 10.6 Å². The molecule has 0 radical (unpaired) electrons. The highest BCUT2D eigenvalue weighted by atomic mass is 35.5. The fourth-order valence-corrected chi connectivity index (χ4v) is 4.06. The third-order valence-electron chi connectivity index (χ3n) is 5.13.